The first-order chi connectivity index (χ1) is 5.81. The van der Waals surface area contributed by atoms with E-state index in [0.29, 0.717) is 0 Å². The van der Waals surface area contributed by atoms with E-state index in [-0.39, 0.29) is 5.01 Å². The number of nitrogens with zero attached hydrogens (tertiary/aromatic N) is 2. The lowest BCUT2D eigenvalue weighted by molar-refractivity contribution is 0.163. The van der Waals surface area contributed by atoms with E-state index in [9.17, 15) is 4.91 Å². The highest BCUT2D eigenvalue weighted by Gasteiger charge is 1.97. The van der Waals surface area contributed by atoms with Crippen LogP contribution in [0.4, 0.5) is 0 Å². The van der Waals surface area contributed by atoms with Crippen molar-refractivity contribution >= 4 is 0 Å². The number of nitroso groups, excluding NO2 is 1. The molecule has 0 aromatic carbocycles. The molecule has 0 unspecified atom stereocenters. The van der Waals surface area contributed by atoms with Crippen LogP contribution in [0.2, 0.25) is 0 Å². The Bertz CT molecular complexity index is 172. The molecule has 54 valence electrons. The highest BCUT2D eigenvalue weighted by atomic mass is 16.3. The molecule has 0 aromatic heterocycles. The van der Waals surface area contributed by atoms with Crippen molar-refractivity contribution in [3.8, 4) is 0 Å². The Morgan fingerprint density at radius 2 is 1.89 bits per heavy atom. The summed E-state index contributed by atoms with van der Waals surface area (Å²) in [5, 5.41) is 18.9. The van der Waals surface area contributed by atoms with Crippen LogP contribution in [-0.4, -0.2) is 41.4 Å². The van der Waals surface area contributed by atoms with E-state index >= 15 is 0 Å². The summed E-state index contributed by atoms with van der Waals surface area (Å²) in [7, 11) is 0. The molecule has 0 fully saturated rings. The van der Waals surface area contributed by atoms with E-state index in [2.05, 4.69) is 5.29 Å². The first-order valence-corrected chi connectivity index (χ1v) is 2.17. The molecule has 0 aliphatic heterocycles. The van der Waals surface area contributed by atoms with Crippen molar-refractivity contribution in [1.29, 1.82) is 0 Å². The molecule has 5 heteroatoms. The van der Waals surface area contributed by atoms with Crippen molar-refractivity contribution in [3.05, 3.63) is 4.91 Å². The minimum absolute atomic E-state index is 0.153. The number of hydrogen-bond acceptors (Lipinski definition) is 4. The van der Waals surface area contributed by atoms with Crippen LogP contribution in [0.1, 0.15) is 5.48 Å². The van der Waals surface area contributed by atoms with Crippen LogP contribution in [0.3, 0.4) is 0 Å². The molecule has 0 aliphatic rings. The van der Waals surface area contributed by atoms with Crippen LogP contribution in [-0.2, 0) is 0 Å². The lowest BCUT2D eigenvalue weighted by Gasteiger charge is -2.10. The van der Waals surface area contributed by atoms with Crippen molar-refractivity contribution < 1.29 is 15.7 Å². The topological polar surface area (TPSA) is 73.1 Å². The summed E-state index contributed by atoms with van der Waals surface area (Å²) in [6.45, 7) is -7.46. The van der Waals surface area contributed by atoms with Crippen LogP contribution in [0.5, 0.6) is 0 Å². The normalized spacial score (nSPS) is 18.9. The minimum atomic E-state index is -2.63. The monoisotopic (exact) mass is 138 g/mol. The van der Waals surface area contributed by atoms with Gasteiger partial charge < -0.3 is 10.2 Å². The molecule has 0 heterocycles. The predicted octanol–water partition coefficient (Wildman–Crippen LogP) is -1.05. The molecule has 0 radical (unpaired) electrons. The number of rotatable bonds is 5. The maximum atomic E-state index is 10.1. The average Bonchev–Trinajstić information content (AvgIpc) is 2.05. The van der Waals surface area contributed by atoms with Crippen molar-refractivity contribution in [2.75, 3.05) is 26.2 Å². The standard InChI is InChI=1S/C4H10N2O3/c7-3-1-6(5-9)2-4-8/h7-8H,1-4H2/i1D2,2D2. The van der Waals surface area contributed by atoms with Crippen molar-refractivity contribution in [2.24, 2.45) is 5.29 Å². The van der Waals surface area contributed by atoms with Crippen LogP contribution in [0, 0.1) is 4.91 Å². The largest absolute Gasteiger partial charge is 0.394 e. The number of hydrogen-bond donors (Lipinski definition) is 2. The first-order valence-electron chi connectivity index (χ1n) is 4.17. The Balaban J connectivity index is 4.79. The Labute approximate surface area is 58.5 Å². The van der Waals surface area contributed by atoms with E-state index in [0.717, 1.165) is 0 Å². The van der Waals surface area contributed by atoms with Gasteiger partial charge in [-0.2, -0.15) is 0 Å². The third-order valence-corrected chi connectivity index (χ3v) is 0.523. The van der Waals surface area contributed by atoms with Gasteiger partial charge in [-0.1, -0.05) is 0 Å². The van der Waals surface area contributed by atoms with Crippen LogP contribution in [0.15, 0.2) is 5.29 Å². The Morgan fingerprint density at radius 1 is 1.44 bits per heavy atom. The zero-order valence-corrected chi connectivity index (χ0v) is 4.61. The van der Waals surface area contributed by atoms with E-state index in [1.807, 2.05) is 0 Å². The molecular weight excluding hydrogens is 124 g/mol. The fraction of sp³-hybridized carbons (Fsp3) is 1.00. The summed E-state index contributed by atoms with van der Waals surface area (Å²) < 4.78 is 28.0. The summed E-state index contributed by atoms with van der Waals surface area (Å²) in [5.41, 5.74) is 0. The molecule has 0 aromatic rings. The predicted molar refractivity (Wildman–Crippen MR) is 31.5 cm³/mol. The van der Waals surface area contributed by atoms with E-state index in [1.54, 1.807) is 0 Å². The summed E-state index contributed by atoms with van der Waals surface area (Å²) >= 11 is 0. The summed E-state index contributed by atoms with van der Waals surface area (Å²) in [4.78, 5) is 10.1. The molecule has 5 nitrogen and oxygen atoms in total. The number of aliphatic hydroxyl groups excluding tert-OH is 2. The zero-order chi connectivity index (χ0) is 10.7. The lowest BCUT2D eigenvalue weighted by atomic mass is 10.6. The molecule has 0 rings (SSSR count). The lowest BCUT2D eigenvalue weighted by Crippen LogP contribution is -2.23. The van der Waals surface area contributed by atoms with Crippen LogP contribution >= 0.6 is 0 Å². The molecule has 0 aliphatic carbocycles. The average molecular weight is 138 g/mol. The fourth-order valence-corrected chi connectivity index (χ4v) is 0.248. The molecule has 0 bridgehead atoms. The van der Waals surface area contributed by atoms with Gasteiger partial charge in [-0.15, -0.1) is 4.91 Å². The Morgan fingerprint density at radius 3 is 2.11 bits per heavy atom. The zero-order valence-electron chi connectivity index (χ0n) is 8.61. The SMILES string of the molecule is [2H]C([2H])(CO)N(N=O)C([2H])([2H])CO. The maximum absolute atomic E-state index is 10.1. The maximum Gasteiger partial charge on any atom is 0.0625 e. The third-order valence-electron chi connectivity index (χ3n) is 0.523. The van der Waals surface area contributed by atoms with Crippen molar-refractivity contribution in [2.45, 2.75) is 0 Å². The molecule has 0 atom stereocenters. The third kappa shape index (κ3) is 3.87. The van der Waals surface area contributed by atoms with Crippen LogP contribution < -0.4 is 0 Å². The van der Waals surface area contributed by atoms with E-state index < -0.39 is 26.2 Å². The molecule has 0 amide bonds. The molecule has 0 saturated heterocycles. The van der Waals surface area contributed by atoms with Gasteiger partial charge >= 0.3 is 0 Å². The van der Waals surface area contributed by atoms with Gasteiger partial charge in [0.1, 0.15) is 0 Å². The highest BCUT2D eigenvalue weighted by molar-refractivity contribution is 4.46. The van der Waals surface area contributed by atoms with Gasteiger partial charge in [-0.25, -0.2) is 0 Å². The fourth-order valence-electron chi connectivity index (χ4n) is 0.248. The van der Waals surface area contributed by atoms with E-state index in [4.69, 9.17) is 15.7 Å². The van der Waals surface area contributed by atoms with Crippen molar-refractivity contribution in [1.82, 2.24) is 5.01 Å². The Hall–Kier alpha value is -0.680. The van der Waals surface area contributed by atoms with Gasteiger partial charge in [-0.05, 0) is 0 Å². The quantitative estimate of drug-likeness (QED) is 0.375. The molecule has 0 saturated carbocycles. The van der Waals surface area contributed by atoms with Gasteiger partial charge in [-0.3, -0.25) is 5.01 Å². The Kier molecular flexibility index (Phi) is 2.11. The second-order valence-electron chi connectivity index (χ2n) is 1.03. The van der Waals surface area contributed by atoms with Crippen molar-refractivity contribution in [3.63, 3.8) is 0 Å². The second-order valence-corrected chi connectivity index (χ2v) is 1.03. The van der Waals surface area contributed by atoms with Gasteiger partial charge in [0.15, 0.2) is 0 Å². The summed E-state index contributed by atoms with van der Waals surface area (Å²) in [6.07, 6.45) is 0. The van der Waals surface area contributed by atoms with Gasteiger partial charge in [0.25, 0.3) is 0 Å². The first kappa shape index (κ1) is 3.48. The molecule has 0 spiro atoms. The van der Waals surface area contributed by atoms with Crippen LogP contribution in [0.25, 0.3) is 0 Å². The number of aliphatic hydroxyl groups is 2. The summed E-state index contributed by atoms with van der Waals surface area (Å²) in [5.74, 6) is 0. The molecule has 9 heavy (non-hydrogen) atoms. The van der Waals surface area contributed by atoms with E-state index in [1.165, 1.54) is 0 Å². The smallest absolute Gasteiger partial charge is 0.0625 e. The second kappa shape index (κ2) is 5.46. The minimum Gasteiger partial charge on any atom is -0.394 e. The molecular formula is C4H10N2O3. The van der Waals surface area contributed by atoms with Gasteiger partial charge in [0, 0.05) is 0 Å². The van der Waals surface area contributed by atoms with Gasteiger partial charge in [0.2, 0.25) is 0 Å². The van der Waals surface area contributed by atoms with Gasteiger partial charge in [0.05, 0.1) is 37.0 Å². The highest BCUT2D eigenvalue weighted by Crippen LogP contribution is 1.84. The summed E-state index contributed by atoms with van der Waals surface area (Å²) in [6, 6.07) is 0. The molecule has 2 N–H and O–H groups in total.